The van der Waals surface area contributed by atoms with Crippen molar-refractivity contribution >= 4 is 17.5 Å². The van der Waals surface area contributed by atoms with Crippen molar-refractivity contribution < 1.29 is 23.1 Å². The number of hydrogen-bond donors (Lipinski definition) is 2. The van der Waals surface area contributed by atoms with Crippen LogP contribution in [0.5, 0.6) is 5.75 Å². The largest absolute Gasteiger partial charge is 0.433 e. The second-order valence-electron chi connectivity index (χ2n) is 7.50. The number of likely N-dealkylation sites (tertiary alicyclic amines) is 1. The van der Waals surface area contributed by atoms with E-state index in [1.807, 2.05) is 0 Å². The summed E-state index contributed by atoms with van der Waals surface area (Å²) in [5, 5.41) is 4.86. The Labute approximate surface area is 164 Å². The zero-order valence-electron chi connectivity index (χ0n) is 16.4. The molecule has 2 N–H and O–H groups in total. The molecule has 1 saturated heterocycles. The molecule has 0 saturated carbocycles. The number of nitrogens with one attached hydrogen (secondary N) is 2. The SMILES string of the molecule is C[C@@H]1C[C@@H](C)CN(CCCCNC(=O)C(=O)Nc2ccccc2OC(F)F)C1. The van der Waals surface area contributed by atoms with Crippen LogP contribution in [0.4, 0.5) is 14.5 Å². The van der Waals surface area contributed by atoms with Gasteiger partial charge in [-0.05, 0) is 49.8 Å². The van der Waals surface area contributed by atoms with Gasteiger partial charge >= 0.3 is 18.4 Å². The number of nitrogens with zero attached hydrogens (tertiary/aromatic N) is 1. The van der Waals surface area contributed by atoms with Gasteiger partial charge in [-0.3, -0.25) is 9.59 Å². The van der Waals surface area contributed by atoms with E-state index in [9.17, 15) is 18.4 Å². The molecule has 2 amide bonds. The molecule has 1 aromatic carbocycles. The number of halogens is 2. The minimum atomic E-state index is -3.02. The third-order valence-electron chi connectivity index (χ3n) is 4.69. The average molecular weight is 397 g/mol. The number of carbonyl (C=O) groups is 2. The van der Waals surface area contributed by atoms with Gasteiger partial charge in [-0.2, -0.15) is 8.78 Å². The number of anilines is 1. The molecule has 0 spiro atoms. The first-order valence-corrected chi connectivity index (χ1v) is 9.70. The van der Waals surface area contributed by atoms with E-state index in [0.717, 1.165) is 32.5 Å². The van der Waals surface area contributed by atoms with Gasteiger partial charge in [0.1, 0.15) is 5.75 Å². The van der Waals surface area contributed by atoms with Crippen molar-refractivity contribution in [1.29, 1.82) is 0 Å². The number of alkyl halides is 2. The molecule has 0 bridgehead atoms. The van der Waals surface area contributed by atoms with E-state index in [-0.39, 0.29) is 11.4 Å². The Bertz CT molecular complexity index is 647. The van der Waals surface area contributed by atoms with Crippen LogP contribution in [0.15, 0.2) is 24.3 Å². The van der Waals surface area contributed by atoms with Crippen LogP contribution >= 0.6 is 0 Å². The van der Waals surface area contributed by atoms with Crippen molar-refractivity contribution in [3.8, 4) is 5.75 Å². The minimum absolute atomic E-state index is 0.0243. The molecule has 1 aliphatic rings. The van der Waals surface area contributed by atoms with Crippen molar-refractivity contribution in [2.24, 2.45) is 11.8 Å². The van der Waals surface area contributed by atoms with Gasteiger partial charge in [0.25, 0.3) is 0 Å². The van der Waals surface area contributed by atoms with E-state index < -0.39 is 18.4 Å². The lowest BCUT2D eigenvalue weighted by Gasteiger charge is -2.34. The summed E-state index contributed by atoms with van der Waals surface area (Å²) < 4.78 is 29.1. The fraction of sp³-hybridized carbons (Fsp3) is 0.600. The molecule has 156 valence electrons. The monoisotopic (exact) mass is 397 g/mol. The van der Waals surface area contributed by atoms with Gasteiger partial charge in [-0.1, -0.05) is 26.0 Å². The van der Waals surface area contributed by atoms with E-state index in [0.29, 0.717) is 18.4 Å². The van der Waals surface area contributed by atoms with Gasteiger partial charge in [-0.25, -0.2) is 0 Å². The summed E-state index contributed by atoms with van der Waals surface area (Å²) in [6.45, 7) is 5.11. The Hall–Kier alpha value is -2.22. The summed E-state index contributed by atoms with van der Waals surface area (Å²) in [5.74, 6) is -0.479. The van der Waals surface area contributed by atoms with Crippen LogP contribution < -0.4 is 15.4 Å². The lowest BCUT2D eigenvalue weighted by molar-refractivity contribution is -0.136. The summed E-state index contributed by atoms with van der Waals surface area (Å²) in [5.41, 5.74) is 0.0243. The van der Waals surface area contributed by atoms with Crippen molar-refractivity contribution in [2.75, 3.05) is 31.5 Å². The molecule has 6 nitrogen and oxygen atoms in total. The van der Waals surface area contributed by atoms with Gasteiger partial charge in [0.05, 0.1) is 5.69 Å². The van der Waals surface area contributed by atoms with Gasteiger partial charge in [-0.15, -0.1) is 0 Å². The Kier molecular flexibility index (Phi) is 8.63. The maximum atomic E-state index is 12.4. The maximum absolute atomic E-state index is 12.4. The first-order valence-electron chi connectivity index (χ1n) is 9.70. The van der Waals surface area contributed by atoms with Gasteiger partial charge in [0.15, 0.2) is 0 Å². The first-order chi connectivity index (χ1) is 13.3. The summed E-state index contributed by atoms with van der Waals surface area (Å²) >= 11 is 0. The highest BCUT2D eigenvalue weighted by Crippen LogP contribution is 2.25. The highest BCUT2D eigenvalue weighted by molar-refractivity contribution is 6.39. The van der Waals surface area contributed by atoms with Crippen LogP contribution in [0.1, 0.15) is 33.1 Å². The number of unbranched alkanes of at least 4 members (excludes halogenated alkanes) is 1. The molecular formula is C20H29F2N3O3. The van der Waals surface area contributed by atoms with Crippen molar-refractivity contribution in [2.45, 2.75) is 39.7 Å². The molecule has 2 rings (SSSR count). The van der Waals surface area contributed by atoms with E-state index >= 15 is 0 Å². The Morgan fingerprint density at radius 1 is 1.14 bits per heavy atom. The van der Waals surface area contributed by atoms with E-state index in [4.69, 9.17) is 0 Å². The number of benzene rings is 1. The van der Waals surface area contributed by atoms with Crippen molar-refractivity contribution in [1.82, 2.24) is 10.2 Å². The van der Waals surface area contributed by atoms with Gasteiger partial charge in [0.2, 0.25) is 0 Å². The standard InChI is InChI=1S/C20H29F2N3O3/c1-14-11-15(2)13-25(12-14)10-6-5-9-23-18(26)19(27)24-16-7-3-4-8-17(16)28-20(21)22/h3-4,7-8,14-15,20H,5-6,9-13H2,1-2H3,(H,23,26)(H,24,27)/t14-,15-/m1/s1. The molecule has 1 fully saturated rings. The molecule has 28 heavy (non-hydrogen) atoms. The third kappa shape index (κ3) is 7.42. The van der Waals surface area contributed by atoms with Crippen LogP contribution in [0.2, 0.25) is 0 Å². The molecule has 1 aromatic rings. The molecule has 1 heterocycles. The Morgan fingerprint density at radius 2 is 1.82 bits per heavy atom. The van der Waals surface area contributed by atoms with Crippen LogP contribution in [-0.4, -0.2) is 49.5 Å². The fourth-order valence-electron chi connectivity index (χ4n) is 3.66. The molecule has 0 aromatic heterocycles. The average Bonchev–Trinajstić information content (AvgIpc) is 2.61. The highest BCUT2D eigenvalue weighted by atomic mass is 19.3. The second-order valence-corrected chi connectivity index (χ2v) is 7.50. The molecular weight excluding hydrogens is 368 g/mol. The summed E-state index contributed by atoms with van der Waals surface area (Å²) in [7, 11) is 0. The number of amides is 2. The molecule has 8 heteroatoms. The predicted molar refractivity (Wildman–Crippen MR) is 103 cm³/mol. The number of ether oxygens (including phenoxy) is 1. The van der Waals surface area contributed by atoms with Crippen molar-refractivity contribution in [3.05, 3.63) is 24.3 Å². The smallest absolute Gasteiger partial charge is 0.387 e. The molecule has 0 radical (unpaired) electrons. The topological polar surface area (TPSA) is 70.7 Å². The normalized spacial score (nSPS) is 20.0. The van der Waals surface area contributed by atoms with E-state index in [2.05, 4.69) is 34.1 Å². The molecule has 0 unspecified atom stereocenters. The Balaban J connectivity index is 1.68. The predicted octanol–water partition coefficient (Wildman–Crippen LogP) is 3.10. The summed E-state index contributed by atoms with van der Waals surface area (Å²) in [6.07, 6.45) is 2.98. The first kappa shape index (κ1) is 22.1. The zero-order chi connectivity index (χ0) is 20.5. The number of rotatable bonds is 8. The fourth-order valence-corrected chi connectivity index (χ4v) is 3.66. The van der Waals surface area contributed by atoms with Crippen LogP contribution in [0, 0.1) is 11.8 Å². The van der Waals surface area contributed by atoms with Crippen LogP contribution in [-0.2, 0) is 9.59 Å². The number of carbonyl (C=O) groups excluding carboxylic acids is 2. The highest BCUT2D eigenvalue weighted by Gasteiger charge is 2.21. The quantitative estimate of drug-likeness (QED) is 0.522. The zero-order valence-corrected chi connectivity index (χ0v) is 16.4. The summed E-state index contributed by atoms with van der Waals surface area (Å²) in [6, 6.07) is 5.73. The maximum Gasteiger partial charge on any atom is 0.387 e. The molecule has 1 aliphatic heterocycles. The molecule has 0 aliphatic carbocycles. The van der Waals surface area contributed by atoms with Gasteiger partial charge < -0.3 is 20.3 Å². The van der Waals surface area contributed by atoms with Crippen molar-refractivity contribution in [3.63, 3.8) is 0 Å². The minimum Gasteiger partial charge on any atom is -0.433 e. The summed E-state index contributed by atoms with van der Waals surface area (Å²) in [4.78, 5) is 26.3. The number of hydrogen-bond acceptors (Lipinski definition) is 4. The van der Waals surface area contributed by atoms with Crippen LogP contribution in [0.25, 0.3) is 0 Å². The lowest BCUT2D eigenvalue weighted by Crippen LogP contribution is -2.39. The number of piperidine rings is 1. The number of para-hydroxylation sites is 2. The lowest BCUT2D eigenvalue weighted by atomic mass is 9.92. The van der Waals surface area contributed by atoms with E-state index in [1.165, 1.54) is 24.6 Å². The van der Waals surface area contributed by atoms with Gasteiger partial charge in [0, 0.05) is 19.6 Å². The third-order valence-corrected chi connectivity index (χ3v) is 4.69. The molecule has 2 atom stereocenters. The Morgan fingerprint density at radius 3 is 2.50 bits per heavy atom. The second kappa shape index (κ2) is 10.9. The van der Waals surface area contributed by atoms with E-state index in [1.54, 1.807) is 6.07 Å². The van der Waals surface area contributed by atoms with Crippen LogP contribution in [0.3, 0.4) is 0 Å².